The molecule has 1 aromatic heterocycles. The number of benzene rings is 1. The molecule has 0 atom stereocenters. The van der Waals surface area contributed by atoms with E-state index < -0.39 is 23.4 Å². The molecular weight excluding hydrogens is 288 g/mol. The van der Waals surface area contributed by atoms with Gasteiger partial charge in [-0.2, -0.15) is 0 Å². The van der Waals surface area contributed by atoms with E-state index in [9.17, 15) is 13.6 Å². The number of carbonyl (C=O) groups is 1. The summed E-state index contributed by atoms with van der Waals surface area (Å²) < 4.78 is 32.5. The van der Waals surface area contributed by atoms with Crippen LogP contribution in [-0.4, -0.2) is 16.1 Å². The van der Waals surface area contributed by atoms with Gasteiger partial charge in [-0.3, -0.25) is 0 Å². The van der Waals surface area contributed by atoms with Gasteiger partial charge < -0.3 is 9.84 Å². The Balaban J connectivity index is 2.16. The summed E-state index contributed by atoms with van der Waals surface area (Å²) >= 11 is 1.31. The quantitative estimate of drug-likeness (QED) is 0.862. The van der Waals surface area contributed by atoms with Gasteiger partial charge in [-0.15, -0.1) is 11.3 Å². The lowest BCUT2D eigenvalue weighted by Gasteiger charge is -2.07. The Bertz CT molecular complexity index is 618. The van der Waals surface area contributed by atoms with Gasteiger partial charge in [0.15, 0.2) is 17.4 Å². The standard InChI is InChI=1S/C13H9F2NO3S/c14-9-5-8(1-2-12(17)18)6-10(15)13(9)19-7-11-16-3-4-20-11/h1-6H,7H2,(H,17,18)/b2-1+. The molecule has 7 heteroatoms. The van der Waals surface area contributed by atoms with Crippen LogP contribution >= 0.6 is 11.3 Å². The molecule has 2 rings (SSSR count). The third kappa shape index (κ3) is 3.61. The molecular formula is C13H9F2NO3S. The number of carboxylic acids is 1. The lowest BCUT2D eigenvalue weighted by molar-refractivity contribution is -0.131. The van der Waals surface area contributed by atoms with Crippen LogP contribution < -0.4 is 4.74 Å². The summed E-state index contributed by atoms with van der Waals surface area (Å²) in [5, 5.41) is 10.8. The highest BCUT2D eigenvalue weighted by Gasteiger charge is 2.12. The van der Waals surface area contributed by atoms with Crippen molar-refractivity contribution in [3.05, 3.63) is 52.0 Å². The van der Waals surface area contributed by atoms with Crippen LogP contribution in [0.5, 0.6) is 5.75 Å². The van der Waals surface area contributed by atoms with Gasteiger partial charge in [-0.05, 0) is 23.8 Å². The third-order valence-electron chi connectivity index (χ3n) is 2.26. The Kier molecular flexibility index (Phi) is 4.41. The first-order valence-corrected chi connectivity index (χ1v) is 6.35. The van der Waals surface area contributed by atoms with E-state index in [1.165, 1.54) is 11.3 Å². The fourth-order valence-corrected chi connectivity index (χ4v) is 1.97. The number of halogens is 2. The van der Waals surface area contributed by atoms with Crippen molar-refractivity contribution in [2.45, 2.75) is 6.61 Å². The Morgan fingerprint density at radius 1 is 1.40 bits per heavy atom. The summed E-state index contributed by atoms with van der Waals surface area (Å²) in [6.07, 6.45) is 3.46. The van der Waals surface area contributed by atoms with Crippen LogP contribution in [0.15, 0.2) is 29.8 Å². The fourth-order valence-electron chi connectivity index (χ4n) is 1.44. The normalized spacial score (nSPS) is 10.9. The van der Waals surface area contributed by atoms with Crippen LogP contribution in [-0.2, 0) is 11.4 Å². The highest BCUT2D eigenvalue weighted by molar-refractivity contribution is 7.09. The first-order valence-electron chi connectivity index (χ1n) is 5.47. The average molecular weight is 297 g/mol. The van der Waals surface area contributed by atoms with E-state index in [0.717, 1.165) is 24.3 Å². The number of thiazole rings is 1. The van der Waals surface area contributed by atoms with Crippen LogP contribution in [0.25, 0.3) is 6.08 Å². The molecule has 0 spiro atoms. The molecule has 2 aromatic rings. The zero-order chi connectivity index (χ0) is 14.5. The molecule has 1 aromatic carbocycles. The number of ether oxygens (including phenoxy) is 1. The van der Waals surface area contributed by atoms with Gasteiger partial charge in [0, 0.05) is 17.7 Å². The molecule has 0 fully saturated rings. The van der Waals surface area contributed by atoms with Gasteiger partial charge in [-0.1, -0.05) is 0 Å². The lowest BCUT2D eigenvalue weighted by atomic mass is 10.2. The molecule has 0 radical (unpaired) electrons. The van der Waals surface area contributed by atoms with E-state index in [-0.39, 0.29) is 12.2 Å². The molecule has 0 saturated carbocycles. The van der Waals surface area contributed by atoms with Crippen molar-refractivity contribution in [2.24, 2.45) is 0 Å². The first kappa shape index (κ1) is 14.1. The van der Waals surface area contributed by atoms with Gasteiger partial charge in [0.25, 0.3) is 0 Å². The summed E-state index contributed by atoms with van der Waals surface area (Å²) in [4.78, 5) is 14.3. The molecule has 0 bridgehead atoms. The topological polar surface area (TPSA) is 59.4 Å². The van der Waals surface area contributed by atoms with Gasteiger partial charge >= 0.3 is 5.97 Å². The molecule has 0 unspecified atom stereocenters. The molecule has 0 aliphatic carbocycles. The average Bonchev–Trinajstić information content (AvgIpc) is 2.88. The van der Waals surface area contributed by atoms with Gasteiger partial charge in [0.05, 0.1) is 0 Å². The van der Waals surface area contributed by atoms with Crippen LogP contribution in [0.3, 0.4) is 0 Å². The summed E-state index contributed by atoms with van der Waals surface area (Å²) in [5.74, 6) is -3.50. The molecule has 0 aliphatic heterocycles. The van der Waals surface area contributed by atoms with E-state index in [1.54, 1.807) is 11.6 Å². The molecule has 0 amide bonds. The minimum absolute atomic E-state index is 0.0319. The van der Waals surface area contributed by atoms with Crippen molar-refractivity contribution in [3.8, 4) is 5.75 Å². The van der Waals surface area contributed by atoms with Crippen molar-refractivity contribution in [1.29, 1.82) is 0 Å². The molecule has 104 valence electrons. The second kappa shape index (κ2) is 6.25. The fraction of sp³-hybridized carbons (Fsp3) is 0.0769. The summed E-state index contributed by atoms with van der Waals surface area (Å²) in [5.41, 5.74) is 0.101. The smallest absolute Gasteiger partial charge is 0.328 e. The Hall–Kier alpha value is -2.28. The summed E-state index contributed by atoms with van der Waals surface area (Å²) in [6.45, 7) is -0.0319. The molecule has 20 heavy (non-hydrogen) atoms. The van der Waals surface area contributed by atoms with Crippen LogP contribution in [0.2, 0.25) is 0 Å². The van der Waals surface area contributed by atoms with Crippen molar-refractivity contribution >= 4 is 23.4 Å². The Morgan fingerprint density at radius 2 is 2.10 bits per heavy atom. The van der Waals surface area contributed by atoms with Gasteiger partial charge in [0.1, 0.15) is 11.6 Å². The predicted octanol–water partition coefficient (Wildman–Crippen LogP) is 3.10. The third-order valence-corrected chi connectivity index (χ3v) is 3.02. The van der Waals surface area contributed by atoms with Crippen LogP contribution in [0.4, 0.5) is 8.78 Å². The first-order chi connectivity index (χ1) is 9.56. The highest BCUT2D eigenvalue weighted by atomic mass is 32.1. The lowest BCUT2D eigenvalue weighted by Crippen LogP contribution is -2.00. The van der Waals surface area contributed by atoms with E-state index in [1.807, 2.05) is 0 Å². The number of rotatable bonds is 5. The molecule has 1 N–H and O–H groups in total. The second-order valence-electron chi connectivity index (χ2n) is 3.70. The summed E-state index contributed by atoms with van der Waals surface area (Å²) in [7, 11) is 0. The predicted molar refractivity (Wildman–Crippen MR) is 69.5 cm³/mol. The van der Waals surface area contributed by atoms with Crippen molar-refractivity contribution in [3.63, 3.8) is 0 Å². The van der Waals surface area contributed by atoms with E-state index in [2.05, 4.69) is 4.98 Å². The zero-order valence-electron chi connectivity index (χ0n) is 10.0. The summed E-state index contributed by atoms with van der Waals surface area (Å²) in [6, 6.07) is 2.00. The number of carboxylic acid groups (broad SMARTS) is 1. The minimum atomic E-state index is -1.20. The highest BCUT2D eigenvalue weighted by Crippen LogP contribution is 2.25. The largest absolute Gasteiger partial charge is 0.480 e. The van der Waals surface area contributed by atoms with Crippen molar-refractivity contribution in [1.82, 2.24) is 4.98 Å². The maximum Gasteiger partial charge on any atom is 0.328 e. The van der Waals surface area contributed by atoms with E-state index in [4.69, 9.17) is 9.84 Å². The van der Waals surface area contributed by atoms with Crippen molar-refractivity contribution < 1.29 is 23.4 Å². The Morgan fingerprint density at radius 3 is 2.65 bits per heavy atom. The van der Waals surface area contributed by atoms with E-state index >= 15 is 0 Å². The molecule has 0 saturated heterocycles. The maximum absolute atomic E-state index is 13.7. The van der Waals surface area contributed by atoms with Crippen LogP contribution in [0.1, 0.15) is 10.6 Å². The van der Waals surface area contributed by atoms with Gasteiger partial charge in [-0.25, -0.2) is 18.6 Å². The Labute approximate surface area is 117 Å². The number of aliphatic carboxylic acids is 1. The number of nitrogens with zero attached hydrogens (tertiary/aromatic N) is 1. The van der Waals surface area contributed by atoms with E-state index in [0.29, 0.717) is 5.01 Å². The van der Waals surface area contributed by atoms with Crippen LogP contribution in [0, 0.1) is 11.6 Å². The SMILES string of the molecule is O=C(O)/C=C/c1cc(F)c(OCc2nccs2)c(F)c1. The minimum Gasteiger partial charge on any atom is -0.480 e. The van der Waals surface area contributed by atoms with Gasteiger partial charge in [0.2, 0.25) is 0 Å². The molecule has 0 aliphatic rings. The number of hydrogen-bond acceptors (Lipinski definition) is 4. The number of hydrogen-bond donors (Lipinski definition) is 1. The molecule has 1 heterocycles. The second-order valence-corrected chi connectivity index (χ2v) is 4.68. The van der Waals surface area contributed by atoms with Crippen molar-refractivity contribution in [2.75, 3.05) is 0 Å². The zero-order valence-corrected chi connectivity index (χ0v) is 10.9. The monoisotopic (exact) mass is 297 g/mol. The molecule has 4 nitrogen and oxygen atoms in total. The number of aromatic nitrogens is 1. The maximum atomic E-state index is 13.7.